The molecular weight excluding hydrogens is 500 g/mol. The van der Waals surface area contributed by atoms with E-state index in [4.69, 9.17) is 18.9 Å². The van der Waals surface area contributed by atoms with Gasteiger partial charge in [0.25, 0.3) is 11.8 Å². The number of fused-ring (bicyclic) bond motifs is 2. The number of rotatable bonds is 6. The second kappa shape index (κ2) is 9.14. The molecule has 1 aliphatic heterocycles. The van der Waals surface area contributed by atoms with E-state index in [1.165, 1.54) is 25.3 Å². The van der Waals surface area contributed by atoms with E-state index in [0.717, 1.165) is 16.0 Å². The van der Waals surface area contributed by atoms with Gasteiger partial charge in [-0.3, -0.25) is 9.59 Å². The molecule has 39 heavy (non-hydrogen) atoms. The Bertz CT molecular complexity index is 1820. The van der Waals surface area contributed by atoms with Gasteiger partial charge in [-0.25, -0.2) is 14.7 Å². The van der Waals surface area contributed by atoms with Gasteiger partial charge >= 0.3 is 5.97 Å². The molecule has 0 radical (unpaired) electrons. The molecule has 0 atom stereocenters. The number of carboxylic acids is 1. The van der Waals surface area contributed by atoms with Gasteiger partial charge in [0.1, 0.15) is 17.0 Å². The maximum atomic E-state index is 13.3. The van der Waals surface area contributed by atoms with Crippen molar-refractivity contribution in [1.82, 2.24) is 4.98 Å². The smallest absolute Gasteiger partial charge is 0.335 e. The van der Waals surface area contributed by atoms with Crippen molar-refractivity contribution in [2.24, 2.45) is 0 Å². The fourth-order valence-electron chi connectivity index (χ4n) is 4.69. The molecule has 0 spiro atoms. The van der Waals surface area contributed by atoms with Crippen molar-refractivity contribution in [3.05, 3.63) is 95.6 Å². The van der Waals surface area contributed by atoms with Gasteiger partial charge in [0.05, 0.1) is 36.6 Å². The Hall–Kier alpha value is -5.44. The summed E-state index contributed by atoms with van der Waals surface area (Å²) >= 11 is 0. The van der Waals surface area contributed by atoms with Crippen LogP contribution >= 0.6 is 0 Å². The van der Waals surface area contributed by atoms with Gasteiger partial charge in [0.2, 0.25) is 5.89 Å². The predicted octanol–water partition coefficient (Wildman–Crippen LogP) is 5.68. The average molecular weight is 520 g/mol. The maximum absolute atomic E-state index is 13.3. The summed E-state index contributed by atoms with van der Waals surface area (Å²) in [5.41, 5.74) is 3.70. The van der Waals surface area contributed by atoms with E-state index in [-0.39, 0.29) is 34.0 Å². The van der Waals surface area contributed by atoms with Crippen molar-refractivity contribution >= 4 is 34.6 Å². The number of nitrogens with zero attached hydrogens (tertiary/aromatic N) is 2. The van der Waals surface area contributed by atoms with Gasteiger partial charge in [0.15, 0.2) is 5.58 Å². The molecule has 9 nitrogen and oxygen atoms in total. The van der Waals surface area contributed by atoms with E-state index in [1.54, 1.807) is 25.3 Å². The Morgan fingerprint density at radius 3 is 2.38 bits per heavy atom. The van der Waals surface area contributed by atoms with Gasteiger partial charge in [-0.2, -0.15) is 0 Å². The molecule has 2 amide bonds. The monoisotopic (exact) mass is 520 g/mol. The van der Waals surface area contributed by atoms with Crippen molar-refractivity contribution in [3.8, 4) is 34.1 Å². The number of anilines is 1. The zero-order valence-corrected chi connectivity index (χ0v) is 20.8. The largest absolute Gasteiger partial charge is 0.497 e. The molecule has 0 unspecified atom stereocenters. The summed E-state index contributed by atoms with van der Waals surface area (Å²) in [7, 11) is 3.04. The Morgan fingerprint density at radius 2 is 1.62 bits per heavy atom. The van der Waals surface area contributed by atoms with Crippen LogP contribution in [0.1, 0.15) is 31.1 Å². The first kappa shape index (κ1) is 23.9. The van der Waals surface area contributed by atoms with Crippen molar-refractivity contribution in [1.29, 1.82) is 0 Å². The van der Waals surface area contributed by atoms with Gasteiger partial charge in [-0.15, -0.1) is 0 Å². The minimum absolute atomic E-state index is 0.0112. The number of carbonyl (C=O) groups excluding carboxylic acids is 2. The SMILES string of the molecule is COc1cccc(-c2cccc3oc(-c4ccc(OC)c(N5C(=O)c6ccc(C(=O)O)cc6C5=O)c4)nc23)c1. The van der Waals surface area contributed by atoms with Gasteiger partial charge in [0, 0.05) is 11.1 Å². The Morgan fingerprint density at radius 1 is 0.821 bits per heavy atom. The second-order valence-corrected chi connectivity index (χ2v) is 8.80. The molecule has 5 aromatic rings. The van der Waals surface area contributed by atoms with E-state index >= 15 is 0 Å². The molecule has 0 aliphatic carbocycles. The molecule has 1 aliphatic rings. The number of hydrogen-bond acceptors (Lipinski definition) is 7. The fraction of sp³-hybridized carbons (Fsp3) is 0.0667. The summed E-state index contributed by atoms with van der Waals surface area (Å²) in [6, 6.07) is 22.0. The van der Waals surface area contributed by atoms with Crippen LogP contribution in [0, 0.1) is 0 Å². The number of methoxy groups -OCH3 is 2. The van der Waals surface area contributed by atoms with Crippen LogP contribution < -0.4 is 14.4 Å². The Labute approximate surface area is 221 Å². The zero-order chi connectivity index (χ0) is 27.3. The van der Waals surface area contributed by atoms with E-state index in [0.29, 0.717) is 22.4 Å². The first-order valence-electron chi connectivity index (χ1n) is 11.9. The Kier molecular flexibility index (Phi) is 5.61. The standard InChI is InChI=1S/C30H20N2O7/c1-37-19-6-3-5-16(13-19)20-7-4-8-25-26(20)31-27(39-25)17-10-12-24(38-2)23(15-17)32-28(33)21-11-9-18(30(35)36)14-22(21)29(32)34/h3-15H,1-2H3,(H,35,36). The highest BCUT2D eigenvalue weighted by molar-refractivity contribution is 6.35. The van der Waals surface area contributed by atoms with E-state index in [2.05, 4.69) is 0 Å². The van der Waals surface area contributed by atoms with Crippen LogP contribution in [0.15, 0.2) is 83.3 Å². The summed E-state index contributed by atoms with van der Waals surface area (Å²) in [4.78, 5) is 43.7. The highest BCUT2D eigenvalue weighted by Crippen LogP contribution is 2.39. The fourth-order valence-corrected chi connectivity index (χ4v) is 4.69. The first-order valence-corrected chi connectivity index (χ1v) is 11.9. The third-order valence-corrected chi connectivity index (χ3v) is 6.60. The average Bonchev–Trinajstić information content (AvgIpc) is 3.51. The van der Waals surface area contributed by atoms with Gasteiger partial charge < -0.3 is 19.0 Å². The molecule has 0 fully saturated rings. The van der Waals surface area contributed by atoms with Gasteiger partial charge in [-0.05, 0) is 60.2 Å². The lowest BCUT2D eigenvalue weighted by molar-refractivity contribution is 0.0696. The highest BCUT2D eigenvalue weighted by Gasteiger charge is 2.39. The number of oxazole rings is 1. The number of aromatic carboxylic acids is 1. The van der Waals surface area contributed by atoms with Crippen LogP contribution in [-0.2, 0) is 0 Å². The molecule has 192 valence electrons. The third-order valence-electron chi connectivity index (χ3n) is 6.60. The Balaban J connectivity index is 1.44. The predicted molar refractivity (Wildman–Crippen MR) is 143 cm³/mol. The molecule has 0 saturated carbocycles. The number of hydrogen-bond donors (Lipinski definition) is 1. The van der Waals surface area contributed by atoms with Crippen LogP contribution in [0.2, 0.25) is 0 Å². The van der Waals surface area contributed by atoms with Crippen molar-refractivity contribution in [3.63, 3.8) is 0 Å². The second-order valence-electron chi connectivity index (χ2n) is 8.80. The lowest BCUT2D eigenvalue weighted by Gasteiger charge is -2.18. The van der Waals surface area contributed by atoms with Gasteiger partial charge in [-0.1, -0.05) is 24.3 Å². The van der Waals surface area contributed by atoms with Crippen molar-refractivity contribution in [2.75, 3.05) is 19.1 Å². The summed E-state index contributed by atoms with van der Waals surface area (Å²) < 4.78 is 16.9. The van der Waals surface area contributed by atoms with Crippen LogP contribution in [0.3, 0.4) is 0 Å². The number of imide groups is 1. The minimum atomic E-state index is -1.19. The van der Waals surface area contributed by atoms with Crippen LogP contribution in [0.25, 0.3) is 33.7 Å². The van der Waals surface area contributed by atoms with Crippen molar-refractivity contribution < 1.29 is 33.4 Å². The van der Waals surface area contributed by atoms with Crippen LogP contribution in [0.5, 0.6) is 11.5 Å². The number of carbonyl (C=O) groups is 3. The minimum Gasteiger partial charge on any atom is -0.497 e. The van der Waals surface area contributed by atoms with E-state index < -0.39 is 17.8 Å². The molecule has 0 bridgehead atoms. The summed E-state index contributed by atoms with van der Waals surface area (Å²) in [6.45, 7) is 0. The highest BCUT2D eigenvalue weighted by atomic mass is 16.5. The molecular formula is C30H20N2O7. The summed E-state index contributed by atoms with van der Waals surface area (Å²) in [6.07, 6.45) is 0. The molecule has 6 rings (SSSR count). The van der Waals surface area contributed by atoms with Crippen LogP contribution in [0.4, 0.5) is 5.69 Å². The number of aromatic nitrogens is 1. The normalized spacial score (nSPS) is 12.6. The summed E-state index contributed by atoms with van der Waals surface area (Å²) in [5.74, 6) is -1.15. The molecule has 0 saturated heterocycles. The molecule has 4 aromatic carbocycles. The number of amides is 2. The number of carboxylic acid groups (broad SMARTS) is 1. The number of benzene rings is 4. The topological polar surface area (TPSA) is 119 Å². The quantitative estimate of drug-likeness (QED) is 0.284. The zero-order valence-electron chi connectivity index (χ0n) is 20.8. The molecule has 1 N–H and O–H groups in total. The third kappa shape index (κ3) is 3.88. The summed E-state index contributed by atoms with van der Waals surface area (Å²) in [5, 5.41) is 9.32. The number of para-hydroxylation sites is 1. The van der Waals surface area contributed by atoms with E-state index in [1.807, 2.05) is 42.5 Å². The molecule has 1 aromatic heterocycles. The lowest BCUT2D eigenvalue weighted by atomic mass is 10.0. The molecule has 2 heterocycles. The van der Waals surface area contributed by atoms with Crippen molar-refractivity contribution in [2.45, 2.75) is 0 Å². The van der Waals surface area contributed by atoms with Crippen LogP contribution in [-0.4, -0.2) is 42.1 Å². The maximum Gasteiger partial charge on any atom is 0.335 e. The van der Waals surface area contributed by atoms with E-state index in [9.17, 15) is 19.5 Å². The number of ether oxygens (including phenoxy) is 2. The lowest BCUT2D eigenvalue weighted by Crippen LogP contribution is -2.29. The molecule has 9 heteroatoms. The first-order chi connectivity index (χ1) is 18.9.